The first kappa shape index (κ1) is 6.49. The Labute approximate surface area is 60.2 Å². The maximum atomic E-state index is 4.08. The normalized spacial score (nSPS) is 9.44. The molecule has 2 heteroatoms. The molecule has 0 bridgehead atoms. The van der Waals surface area contributed by atoms with Crippen molar-refractivity contribution in [2.45, 2.75) is 0 Å². The molecule has 0 spiro atoms. The first-order valence-electron chi connectivity index (χ1n) is 2.77. The Kier molecular flexibility index (Phi) is 2.01. The summed E-state index contributed by atoms with van der Waals surface area (Å²) in [4.78, 5) is 3.04. The van der Waals surface area contributed by atoms with E-state index >= 15 is 0 Å². The third-order valence-corrected chi connectivity index (χ3v) is 1.55. The molecule has 0 saturated heterocycles. The number of H-pyrrole nitrogens is 1. The Morgan fingerprint density at radius 1 is 1.78 bits per heavy atom. The van der Waals surface area contributed by atoms with Crippen LogP contribution in [0.25, 0.3) is 5.57 Å². The molecule has 0 aliphatic heterocycles. The van der Waals surface area contributed by atoms with Crippen molar-refractivity contribution < 1.29 is 0 Å². The zero-order valence-corrected chi connectivity index (χ0v) is 5.99. The monoisotopic (exact) mass is 139 g/mol. The average Bonchev–Trinajstić information content (AvgIpc) is 2.37. The van der Waals surface area contributed by atoms with Crippen LogP contribution in [0, 0.1) is 0 Å². The number of hydrogen-bond donors (Lipinski definition) is 2. The van der Waals surface area contributed by atoms with Crippen molar-refractivity contribution in [3.8, 4) is 0 Å². The molecule has 0 atom stereocenters. The number of nitrogens with one attached hydrogen (secondary N) is 1. The molecule has 0 aliphatic carbocycles. The lowest BCUT2D eigenvalue weighted by atomic mass is 10.2. The minimum absolute atomic E-state index is 0.709. The molecule has 1 N–H and O–H groups in total. The highest BCUT2D eigenvalue weighted by Crippen LogP contribution is 2.09. The second-order valence-corrected chi connectivity index (χ2v) is 2.16. The summed E-state index contributed by atoms with van der Waals surface area (Å²) in [5, 5.41) is 0. The topological polar surface area (TPSA) is 15.8 Å². The summed E-state index contributed by atoms with van der Waals surface area (Å²) in [6.07, 6.45) is 1.88. The molecule has 1 aromatic rings. The van der Waals surface area contributed by atoms with Gasteiger partial charge >= 0.3 is 0 Å². The fourth-order valence-electron chi connectivity index (χ4n) is 0.635. The minimum Gasteiger partial charge on any atom is -0.361 e. The smallest absolute Gasteiger partial charge is 0.0415 e. The van der Waals surface area contributed by atoms with Gasteiger partial charge in [0.05, 0.1) is 0 Å². The highest BCUT2D eigenvalue weighted by atomic mass is 32.1. The van der Waals surface area contributed by atoms with Gasteiger partial charge in [0.2, 0.25) is 0 Å². The summed E-state index contributed by atoms with van der Waals surface area (Å²) in [5.41, 5.74) is 2.10. The van der Waals surface area contributed by atoms with E-state index in [2.05, 4.69) is 24.2 Å². The minimum atomic E-state index is 0.709. The fourth-order valence-corrected chi connectivity index (χ4v) is 0.806. The molecule has 0 aromatic carbocycles. The van der Waals surface area contributed by atoms with Crippen LogP contribution in [0.2, 0.25) is 0 Å². The van der Waals surface area contributed by atoms with Gasteiger partial charge in [-0.1, -0.05) is 6.58 Å². The van der Waals surface area contributed by atoms with Gasteiger partial charge in [0.25, 0.3) is 0 Å². The molecule has 1 rings (SSSR count). The van der Waals surface area contributed by atoms with E-state index in [1.165, 1.54) is 0 Å². The summed E-state index contributed by atoms with van der Waals surface area (Å²) in [7, 11) is 0. The van der Waals surface area contributed by atoms with E-state index in [1.54, 1.807) is 0 Å². The van der Waals surface area contributed by atoms with Crippen LogP contribution in [0.4, 0.5) is 0 Å². The summed E-state index contributed by atoms with van der Waals surface area (Å²) in [5.74, 6) is 0.709. The third-order valence-electron chi connectivity index (χ3n) is 1.17. The molecule has 9 heavy (non-hydrogen) atoms. The van der Waals surface area contributed by atoms with E-state index in [-0.39, 0.29) is 0 Å². The standard InChI is InChI=1S/C7H9NS/c1-6(5-9)7-3-2-4-8-7/h2-4,8-9H,1,5H2. The van der Waals surface area contributed by atoms with Crippen LogP contribution in [-0.2, 0) is 0 Å². The van der Waals surface area contributed by atoms with Gasteiger partial charge in [-0.05, 0) is 17.7 Å². The van der Waals surface area contributed by atoms with Crippen molar-refractivity contribution in [2.24, 2.45) is 0 Å². The zero-order valence-electron chi connectivity index (χ0n) is 5.09. The summed E-state index contributed by atoms with van der Waals surface area (Å²) in [6.45, 7) is 3.81. The van der Waals surface area contributed by atoms with Crippen molar-refractivity contribution in [3.63, 3.8) is 0 Å². The van der Waals surface area contributed by atoms with Crippen molar-refractivity contribution >= 4 is 18.2 Å². The van der Waals surface area contributed by atoms with Crippen LogP contribution in [0.5, 0.6) is 0 Å². The molecule has 0 aliphatic rings. The van der Waals surface area contributed by atoms with Crippen LogP contribution >= 0.6 is 12.6 Å². The van der Waals surface area contributed by atoms with Crippen LogP contribution in [-0.4, -0.2) is 10.7 Å². The lowest BCUT2D eigenvalue weighted by Gasteiger charge is -1.94. The first-order valence-corrected chi connectivity index (χ1v) is 3.40. The fraction of sp³-hybridized carbons (Fsp3) is 0.143. The quantitative estimate of drug-likeness (QED) is 0.583. The number of aromatic nitrogens is 1. The second-order valence-electron chi connectivity index (χ2n) is 1.85. The molecule has 1 aromatic heterocycles. The predicted octanol–water partition coefficient (Wildman–Crippen LogP) is 1.96. The highest BCUT2D eigenvalue weighted by Gasteiger charge is 1.93. The third kappa shape index (κ3) is 1.39. The summed E-state index contributed by atoms with van der Waals surface area (Å²) < 4.78 is 0. The Hall–Kier alpha value is -0.630. The maximum Gasteiger partial charge on any atom is 0.0415 e. The SMILES string of the molecule is C=C(CS)c1ccc[nH]1. The van der Waals surface area contributed by atoms with E-state index in [0.29, 0.717) is 5.75 Å². The molecule has 1 nitrogen and oxygen atoms in total. The van der Waals surface area contributed by atoms with Gasteiger partial charge in [0, 0.05) is 17.6 Å². The molecule has 0 radical (unpaired) electrons. The van der Waals surface area contributed by atoms with Crippen molar-refractivity contribution in [2.75, 3.05) is 5.75 Å². The average molecular weight is 139 g/mol. The number of rotatable bonds is 2. The summed E-state index contributed by atoms with van der Waals surface area (Å²) in [6, 6.07) is 3.93. The number of hydrogen-bond acceptors (Lipinski definition) is 1. The van der Waals surface area contributed by atoms with Gasteiger partial charge in [-0.25, -0.2) is 0 Å². The molecule has 0 saturated carbocycles. The molecule has 48 valence electrons. The Balaban J connectivity index is 2.77. The van der Waals surface area contributed by atoms with E-state index < -0.39 is 0 Å². The van der Waals surface area contributed by atoms with Crippen molar-refractivity contribution in [1.82, 2.24) is 4.98 Å². The van der Waals surface area contributed by atoms with Crippen molar-refractivity contribution in [1.29, 1.82) is 0 Å². The molecule has 0 fully saturated rings. The molecular formula is C7H9NS. The van der Waals surface area contributed by atoms with E-state index in [9.17, 15) is 0 Å². The molecule has 1 heterocycles. The molecule has 0 unspecified atom stereocenters. The maximum absolute atomic E-state index is 4.08. The van der Waals surface area contributed by atoms with Gasteiger partial charge in [-0.2, -0.15) is 12.6 Å². The van der Waals surface area contributed by atoms with Crippen LogP contribution in [0.1, 0.15) is 5.69 Å². The van der Waals surface area contributed by atoms with Crippen molar-refractivity contribution in [3.05, 3.63) is 30.6 Å². The predicted molar refractivity (Wildman–Crippen MR) is 43.7 cm³/mol. The van der Waals surface area contributed by atoms with E-state index in [0.717, 1.165) is 11.3 Å². The summed E-state index contributed by atoms with van der Waals surface area (Å²) >= 11 is 4.08. The number of aromatic amines is 1. The second kappa shape index (κ2) is 2.78. The Bertz CT molecular complexity index is 189. The Morgan fingerprint density at radius 3 is 3.00 bits per heavy atom. The molecule has 0 amide bonds. The van der Waals surface area contributed by atoms with Crippen LogP contribution in [0.15, 0.2) is 24.9 Å². The molecular weight excluding hydrogens is 130 g/mol. The van der Waals surface area contributed by atoms with Gasteiger partial charge < -0.3 is 4.98 Å². The van der Waals surface area contributed by atoms with Gasteiger partial charge in [-0.15, -0.1) is 0 Å². The highest BCUT2D eigenvalue weighted by molar-refractivity contribution is 7.80. The van der Waals surface area contributed by atoms with E-state index in [1.807, 2.05) is 18.3 Å². The lowest BCUT2D eigenvalue weighted by molar-refractivity contribution is 1.35. The Morgan fingerprint density at radius 2 is 2.56 bits per heavy atom. The van der Waals surface area contributed by atoms with Gasteiger partial charge in [-0.3, -0.25) is 0 Å². The van der Waals surface area contributed by atoms with Crippen LogP contribution < -0.4 is 0 Å². The lowest BCUT2D eigenvalue weighted by Crippen LogP contribution is -1.81. The van der Waals surface area contributed by atoms with Gasteiger partial charge in [0.15, 0.2) is 0 Å². The number of thiol groups is 1. The largest absolute Gasteiger partial charge is 0.361 e. The van der Waals surface area contributed by atoms with E-state index in [4.69, 9.17) is 0 Å². The zero-order chi connectivity index (χ0) is 6.69. The van der Waals surface area contributed by atoms with Crippen LogP contribution in [0.3, 0.4) is 0 Å². The first-order chi connectivity index (χ1) is 4.34. The van der Waals surface area contributed by atoms with Gasteiger partial charge in [0.1, 0.15) is 0 Å².